The van der Waals surface area contributed by atoms with Gasteiger partial charge in [0.2, 0.25) is 10.0 Å². The SMILES string of the molecule is CCCN(CC1CC1)C(=S)Nc1cccc(S(=O)(=O)N(C)C)c1. The van der Waals surface area contributed by atoms with Gasteiger partial charge in [0.25, 0.3) is 0 Å². The molecule has 1 aromatic carbocycles. The molecule has 0 atom stereocenters. The summed E-state index contributed by atoms with van der Waals surface area (Å²) in [4.78, 5) is 2.44. The molecule has 0 bridgehead atoms. The summed E-state index contributed by atoms with van der Waals surface area (Å²) in [5, 5.41) is 3.85. The maximum absolute atomic E-state index is 12.2. The quantitative estimate of drug-likeness (QED) is 0.762. The second kappa shape index (κ2) is 7.59. The van der Waals surface area contributed by atoms with Gasteiger partial charge in [0.05, 0.1) is 4.90 Å². The zero-order chi connectivity index (χ0) is 17.0. The lowest BCUT2D eigenvalue weighted by molar-refractivity contribution is 0.404. The lowest BCUT2D eigenvalue weighted by Gasteiger charge is -2.25. The van der Waals surface area contributed by atoms with Crippen molar-refractivity contribution in [2.24, 2.45) is 5.92 Å². The summed E-state index contributed by atoms with van der Waals surface area (Å²) in [5.74, 6) is 0.752. The Bertz CT molecular complexity index is 655. The summed E-state index contributed by atoms with van der Waals surface area (Å²) in [5.41, 5.74) is 0.704. The van der Waals surface area contributed by atoms with Crippen LogP contribution in [0.25, 0.3) is 0 Å². The number of nitrogens with one attached hydrogen (secondary N) is 1. The predicted molar refractivity (Wildman–Crippen MR) is 98.1 cm³/mol. The van der Waals surface area contributed by atoms with Crippen LogP contribution in [0.4, 0.5) is 5.69 Å². The summed E-state index contributed by atoms with van der Waals surface area (Å²) < 4.78 is 25.6. The lowest BCUT2D eigenvalue weighted by Crippen LogP contribution is -2.36. The van der Waals surface area contributed by atoms with Gasteiger partial charge < -0.3 is 10.2 Å². The molecule has 5 nitrogen and oxygen atoms in total. The first-order valence-electron chi connectivity index (χ1n) is 7.93. The van der Waals surface area contributed by atoms with E-state index < -0.39 is 10.0 Å². The van der Waals surface area contributed by atoms with Crippen LogP contribution in [0.2, 0.25) is 0 Å². The molecule has 0 saturated heterocycles. The van der Waals surface area contributed by atoms with E-state index in [0.717, 1.165) is 25.4 Å². The molecular formula is C16H25N3O2S2. The van der Waals surface area contributed by atoms with Crippen molar-refractivity contribution in [3.63, 3.8) is 0 Å². The van der Waals surface area contributed by atoms with E-state index >= 15 is 0 Å². The molecule has 0 spiro atoms. The van der Waals surface area contributed by atoms with Crippen LogP contribution in [0.5, 0.6) is 0 Å². The number of nitrogens with zero attached hydrogens (tertiary/aromatic N) is 2. The largest absolute Gasteiger partial charge is 0.349 e. The topological polar surface area (TPSA) is 52.7 Å². The van der Waals surface area contributed by atoms with Gasteiger partial charge in [0, 0.05) is 32.9 Å². The smallest absolute Gasteiger partial charge is 0.242 e. The first kappa shape index (κ1) is 18.2. The van der Waals surface area contributed by atoms with Crippen molar-refractivity contribution < 1.29 is 8.42 Å². The normalized spacial score (nSPS) is 14.8. The molecular weight excluding hydrogens is 330 g/mol. The van der Waals surface area contributed by atoms with E-state index in [9.17, 15) is 8.42 Å². The molecule has 2 rings (SSSR count). The highest BCUT2D eigenvalue weighted by Gasteiger charge is 2.25. The van der Waals surface area contributed by atoms with Gasteiger partial charge in [-0.3, -0.25) is 0 Å². The summed E-state index contributed by atoms with van der Waals surface area (Å²) in [6.07, 6.45) is 3.59. The number of hydrogen-bond acceptors (Lipinski definition) is 3. The number of sulfonamides is 1. The van der Waals surface area contributed by atoms with Gasteiger partial charge in [-0.1, -0.05) is 13.0 Å². The third kappa shape index (κ3) is 4.89. The van der Waals surface area contributed by atoms with Crippen molar-refractivity contribution in [1.82, 2.24) is 9.21 Å². The standard InChI is InChI=1S/C16H25N3O2S2/c1-4-10-19(12-13-8-9-13)16(22)17-14-6-5-7-15(11-14)23(20,21)18(2)3/h5-7,11,13H,4,8-10,12H2,1-3H3,(H,17,22). The van der Waals surface area contributed by atoms with Gasteiger partial charge in [0.15, 0.2) is 5.11 Å². The predicted octanol–water partition coefficient (Wildman–Crippen LogP) is 2.76. The molecule has 1 fully saturated rings. The Morgan fingerprint density at radius 3 is 2.61 bits per heavy atom. The third-order valence-electron chi connectivity index (χ3n) is 3.82. The van der Waals surface area contributed by atoms with Gasteiger partial charge in [-0.2, -0.15) is 0 Å². The maximum atomic E-state index is 12.2. The van der Waals surface area contributed by atoms with Crippen LogP contribution in [0.1, 0.15) is 26.2 Å². The minimum atomic E-state index is -3.44. The highest BCUT2D eigenvalue weighted by Crippen LogP contribution is 2.30. The fourth-order valence-corrected chi connectivity index (χ4v) is 3.54. The van der Waals surface area contributed by atoms with Crippen molar-refractivity contribution >= 4 is 33.0 Å². The number of benzene rings is 1. The summed E-state index contributed by atoms with van der Waals surface area (Å²) in [6, 6.07) is 6.79. The van der Waals surface area contributed by atoms with Crippen LogP contribution in [0.15, 0.2) is 29.2 Å². The molecule has 7 heteroatoms. The third-order valence-corrected chi connectivity index (χ3v) is 5.99. The minimum absolute atomic E-state index is 0.263. The zero-order valence-electron chi connectivity index (χ0n) is 13.9. The van der Waals surface area contributed by atoms with Gasteiger partial charge in [-0.15, -0.1) is 0 Å². The van der Waals surface area contributed by atoms with E-state index in [-0.39, 0.29) is 4.90 Å². The van der Waals surface area contributed by atoms with Gasteiger partial charge in [0.1, 0.15) is 0 Å². The van der Waals surface area contributed by atoms with E-state index in [1.165, 1.54) is 31.2 Å². The van der Waals surface area contributed by atoms with E-state index in [1.807, 2.05) is 6.07 Å². The van der Waals surface area contributed by atoms with E-state index in [1.54, 1.807) is 18.2 Å². The van der Waals surface area contributed by atoms with Crippen LogP contribution < -0.4 is 5.32 Å². The van der Waals surface area contributed by atoms with Crippen LogP contribution in [-0.2, 0) is 10.0 Å². The molecule has 1 aliphatic carbocycles. The summed E-state index contributed by atoms with van der Waals surface area (Å²) in [7, 11) is -0.385. The molecule has 0 heterocycles. The van der Waals surface area contributed by atoms with Crippen molar-refractivity contribution in [2.45, 2.75) is 31.1 Å². The Balaban J connectivity index is 2.11. The average Bonchev–Trinajstić information content (AvgIpc) is 3.31. The average molecular weight is 356 g/mol. The second-order valence-corrected chi connectivity index (χ2v) is 8.67. The van der Waals surface area contributed by atoms with Crippen LogP contribution in [0, 0.1) is 5.92 Å². The van der Waals surface area contributed by atoms with Crippen molar-refractivity contribution in [1.29, 1.82) is 0 Å². The fourth-order valence-electron chi connectivity index (χ4n) is 2.31. The van der Waals surface area contributed by atoms with Crippen molar-refractivity contribution in [2.75, 3.05) is 32.5 Å². The Morgan fingerprint density at radius 2 is 2.04 bits per heavy atom. The monoisotopic (exact) mass is 355 g/mol. The highest BCUT2D eigenvalue weighted by atomic mass is 32.2. The number of anilines is 1. The van der Waals surface area contributed by atoms with Crippen LogP contribution >= 0.6 is 12.2 Å². The molecule has 1 aliphatic rings. The summed E-state index contributed by atoms with van der Waals surface area (Å²) >= 11 is 5.51. The molecule has 23 heavy (non-hydrogen) atoms. The van der Waals surface area contributed by atoms with E-state index in [2.05, 4.69) is 17.1 Å². The first-order valence-corrected chi connectivity index (χ1v) is 9.78. The highest BCUT2D eigenvalue weighted by molar-refractivity contribution is 7.89. The molecule has 0 aliphatic heterocycles. The van der Waals surface area contributed by atoms with E-state index in [4.69, 9.17) is 12.2 Å². The molecule has 0 unspecified atom stereocenters. The Kier molecular flexibility index (Phi) is 6.00. The van der Waals surface area contributed by atoms with Crippen LogP contribution in [0.3, 0.4) is 0 Å². The molecule has 0 aromatic heterocycles. The Labute approximate surface area is 144 Å². The Morgan fingerprint density at radius 1 is 1.35 bits per heavy atom. The number of hydrogen-bond donors (Lipinski definition) is 1. The molecule has 0 radical (unpaired) electrons. The van der Waals surface area contributed by atoms with Gasteiger partial charge >= 0.3 is 0 Å². The minimum Gasteiger partial charge on any atom is -0.349 e. The second-order valence-electron chi connectivity index (χ2n) is 6.13. The first-order chi connectivity index (χ1) is 10.8. The molecule has 1 N–H and O–H groups in total. The summed E-state index contributed by atoms with van der Waals surface area (Å²) in [6.45, 7) is 4.03. The fraction of sp³-hybridized carbons (Fsp3) is 0.562. The van der Waals surface area contributed by atoms with Gasteiger partial charge in [-0.05, 0) is 55.6 Å². The maximum Gasteiger partial charge on any atom is 0.242 e. The van der Waals surface area contributed by atoms with Gasteiger partial charge in [-0.25, -0.2) is 12.7 Å². The Hall–Kier alpha value is -1.18. The molecule has 128 valence electrons. The molecule has 0 amide bonds. The molecule has 1 saturated carbocycles. The molecule has 1 aromatic rings. The van der Waals surface area contributed by atoms with E-state index in [0.29, 0.717) is 10.8 Å². The van der Waals surface area contributed by atoms with Crippen LogP contribution in [-0.4, -0.2) is 49.9 Å². The number of rotatable bonds is 7. The van der Waals surface area contributed by atoms with Crippen molar-refractivity contribution in [3.05, 3.63) is 24.3 Å². The zero-order valence-corrected chi connectivity index (χ0v) is 15.6. The lowest BCUT2D eigenvalue weighted by atomic mass is 10.3. The van der Waals surface area contributed by atoms with Crippen molar-refractivity contribution in [3.8, 4) is 0 Å². The number of thiocarbonyl (C=S) groups is 1.